The van der Waals surface area contributed by atoms with Gasteiger partial charge in [0.25, 0.3) is 5.91 Å². The van der Waals surface area contributed by atoms with Crippen LogP contribution >= 0.6 is 23.1 Å². The number of nitrogens with zero attached hydrogens (tertiary/aromatic N) is 3. The van der Waals surface area contributed by atoms with Crippen LogP contribution in [-0.2, 0) is 14.3 Å². The Morgan fingerprint density at radius 1 is 1.29 bits per heavy atom. The molecule has 10 heteroatoms. The first-order valence-electron chi connectivity index (χ1n) is 6.88. The molecule has 1 aromatic carbocycles. The first kappa shape index (κ1) is 18.0. The van der Waals surface area contributed by atoms with E-state index in [1.807, 2.05) is 31.1 Å². The van der Waals surface area contributed by atoms with Crippen molar-refractivity contribution in [2.24, 2.45) is 0 Å². The molecule has 0 aliphatic heterocycles. The van der Waals surface area contributed by atoms with Gasteiger partial charge in [0.05, 0.1) is 5.75 Å². The summed E-state index contributed by atoms with van der Waals surface area (Å²) in [6.45, 7) is -0.340. The van der Waals surface area contributed by atoms with Gasteiger partial charge in [0.15, 0.2) is 10.9 Å². The van der Waals surface area contributed by atoms with Crippen LogP contribution in [0.25, 0.3) is 0 Å². The van der Waals surface area contributed by atoms with Gasteiger partial charge in [0.1, 0.15) is 0 Å². The molecule has 0 spiro atoms. The third kappa shape index (κ3) is 5.70. The van der Waals surface area contributed by atoms with Crippen LogP contribution in [0, 0.1) is 0 Å². The first-order chi connectivity index (χ1) is 11.4. The van der Waals surface area contributed by atoms with E-state index in [-0.39, 0.29) is 12.4 Å². The van der Waals surface area contributed by atoms with E-state index < -0.39 is 11.9 Å². The zero-order valence-corrected chi connectivity index (χ0v) is 14.8. The summed E-state index contributed by atoms with van der Waals surface area (Å²) in [5.41, 5.74) is 7.10. The average molecular weight is 367 g/mol. The molecule has 0 bridgehead atoms. The molecule has 1 heterocycles. The van der Waals surface area contributed by atoms with Gasteiger partial charge in [0, 0.05) is 25.5 Å². The lowest BCUT2D eigenvalue weighted by Crippen LogP contribution is -2.21. The van der Waals surface area contributed by atoms with Crippen LogP contribution < -0.4 is 16.0 Å². The molecule has 0 radical (unpaired) electrons. The Balaban J connectivity index is 1.71. The highest BCUT2D eigenvalue weighted by molar-refractivity contribution is 8.01. The monoisotopic (exact) mass is 367 g/mol. The van der Waals surface area contributed by atoms with Crippen molar-refractivity contribution >= 4 is 51.5 Å². The third-order valence-electron chi connectivity index (χ3n) is 2.77. The van der Waals surface area contributed by atoms with Crippen LogP contribution in [0.2, 0.25) is 0 Å². The number of carbonyl (C=O) groups is 2. The van der Waals surface area contributed by atoms with Gasteiger partial charge in [-0.15, -0.1) is 10.2 Å². The molecule has 8 nitrogen and oxygen atoms in total. The van der Waals surface area contributed by atoms with Gasteiger partial charge < -0.3 is 20.7 Å². The Hall–Kier alpha value is -2.33. The second-order valence-electron chi connectivity index (χ2n) is 4.85. The fourth-order valence-corrected chi connectivity index (χ4v) is 3.06. The molecular weight excluding hydrogens is 350 g/mol. The van der Waals surface area contributed by atoms with Crippen molar-refractivity contribution in [1.29, 1.82) is 0 Å². The molecule has 0 fully saturated rings. The number of hydrogen-bond acceptors (Lipinski definition) is 9. The van der Waals surface area contributed by atoms with Crippen molar-refractivity contribution in [1.82, 2.24) is 10.2 Å². The van der Waals surface area contributed by atoms with Crippen LogP contribution in [0.3, 0.4) is 0 Å². The lowest BCUT2D eigenvalue weighted by atomic mass is 10.2. The minimum atomic E-state index is -0.508. The zero-order valence-electron chi connectivity index (χ0n) is 13.2. The van der Waals surface area contributed by atoms with E-state index >= 15 is 0 Å². The summed E-state index contributed by atoms with van der Waals surface area (Å²) in [4.78, 5) is 25.3. The SMILES string of the molecule is CN(C)c1ccc(NC(=O)COC(=O)CSc2nnc(N)s2)cc1. The maximum absolute atomic E-state index is 11.8. The van der Waals surface area contributed by atoms with E-state index in [2.05, 4.69) is 15.5 Å². The predicted octanol–water partition coefficient (Wildman–Crippen LogP) is 1.46. The molecule has 128 valence electrons. The number of anilines is 3. The van der Waals surface area contributed by atoms with Gasteiger partial charge in [-0.2, -0.15) is 0 Å². The van der Waals surface area contributed by atoms with Crippen LogP contribution in [0.1, 0.15) is 0 Å². The molecule has 2 aromatic rings. The number of carbonyl (C=O) groups excluding carboxylic acids is 2. The highest BCUT2D eigenvalue weighted by Crippen LogP contribution is 2.23. The van der Waals surface area contributed by atoms with Crippen molar-refractivity contribution in [3.05, 3.63) is 24.3 Å². The minimum Gasteiger partial charge on any atom is -0.455 e. The molecule has 0 unspecified atom stereocenters. The summed E-state index contributed by atoms with van der Waals surface area (Å²) in [6, 6.07) is 7.33. The van der Waals surface area contributed by atoms with Gasteiger partial charge in [-0.3, -0.25) is 9.59 Å². The van der Waals surface area contributed by atoms with Crippen molar-refractivity contribution in [3.63, 3.8) is 0 Å². The Labute approximate surface area is 147 Å². The molecule has 2 rings (SSSR count). The fraction of sp³-hybridized carbons (Fsp3) is 0.286. The summed E-state index contributed by atoms with van der Waals surface area (Å²) in [6.07, 6.45) is 0. The van der Waals surface area contributed by atoms with Crippen molar-refractivity contribution in [2.45, 2.75) is 4.34 Å². The summed E-state index contributed by atoms with van der Waals surface area (Å²) in [7, 11) is 3.86. The van der Waals surface area contributed by atoms with Gasteiger partial charge in [-0.05, 0) is 24.3 Å². The molecule has 1 amide bonds. The highest BCUT2D eigenvalue weighted by atomic mass is 32.2. The largest absolute Gasteiger partial charge is 0.455 e. The number of thioether (sulfide) groups is 1. The minimum absolute atomic E-state index is 0.0411. The zero-order chi connectivity index (χ0) is 17.5. The van der Waals surface area contributed by atoms with E-state index in [9.17, 15) is 9.59 Å². The molecule has 3 N–H and O–H groups in total. The highest BCUT2D eigenvalue weighted by Gasteiger charge is 2.10. The average Bonchev–Trinajstić information content (AvgIpc) is 2.97. The lowest BCUT2D eigenvalue weighted by molar-refractivity contribution is -0.144. The molecule has 0 saturated heterocycles. The standard InChI is InChI=1S/C14H17N5O3S2/c1-19(2)10-5-3-9(4-6-10)16-11(20)7-22-12(21)8-23-14-18-17-13(15)24-14/h3-6H,7-8H2,1-2H3,(H2,15,17)(H,16,20). The summed E-state index contributed by atoms with van der Waals surface area (Å²) in [5, 5.41) is 10.4. The van der Waals surface area contributed by atoms with Crippen molar-refractivity contribution < 1.29 is 14.3 Å². The smallest absolute Gasteiger partial charge is 0.316 e. The number of benzene rings is 1. The Morgan fingerprint density at radius 2 is 2.00 bits per heavy atom. The summed E-state index contributed by atoms with van der Waals surface area (Å²) in [5.74, 6) is -0.864. The normalized spacial score (nSPS) is 10.2. The number of ether oxygens (including phenoxy) is 1. The van der Waals surface area contributed by atoms with E-state index in [0.717, 1.165) is 17.4 Å². The molecule has 0 aliphatic carbocycles. The van der Waals surface area contributed by atoms with E-state index in [1.165, 1.54) is 11.3 Å². The quantitative estimate of drug-likeness (QED) is 0.559. The maximum Gasteiger partial charge on any atom is 0.316 e. The number of nitrogens with one attached hydrogen (secondary N) is 1. The number of nitrogens with two attached hydrogens (primary N) is 1. The molecule has 1 aromatic heterocycles. The molecular formula is C14H17N5O3S2. The van der Waals surface area contributed by atoms with Crippen molar-refractivity contribution in [3.8, 4) is 0 Å². The summed E-state index contributed by atoms with van der Waals surface area (Å²) < 4.78 is 5.49. The second-order valence-corrected chi connectivity index (χ2v) is 7.08. The number of amides is 1. The molecule has 0 saturated carbocycles. The Morgan fingerprint density at radius 3 is 2.58 bits per heavy atom. The van der Waals surface area contributed by atoms with E-state index in [1.54, 1.807) is 12.1 Å². The van der Waals surface area contributed by atoms with Crippen molar-refractivity contribution in [2.75, 3.05) is 42.4 Å². The first-order valence-corrected chi connectivity index (χ1v) is 8.69. The second kappa shape index (κ2) is 8.50. The number of nitrogen functional groups attached to an aromatic ring is 1. The molecule has 0 atom stereocenters. The van der Waals surface area contributed by atoms with E-state index in [4.69, 9.17) is 10.5 Å². The number of rotatable bonds is 7. The Kier molecular flexibility index (Phi) is 6.38. The third-order valence-corrected chi connectivity index (χ3v) is 4.63. The van der Waals surface area contributed by atoms with Gasteiger partial charge in [0.2, 0.25) is 5.13 Å². The van der Waals surface area contributed by atoms with Crippen LogP contribution in [0.5, 0.6) is 0 Å². The number of hydrogen-bond donors (Lipinski definition) is 2. The van der Waals surface area contributed by atoms with Crippen LogP contribution in [-0.4, -0.2) is 48.5 Å². The molecule has 24 heavy (non-hydrogen) atoms. The van der Waals surface area contributed by atoms with E-state index in [0.29, 0.717) is 15.2 Å². The predicted molar refractivity (Wildman–Crippen MR) is 95.4 cm³/mol. The summed E-state index contributed by atoms with van der Waals surface area (Å²) >= 11 is 2.35. The lowest BCUT2D eigenvalue weighted by Gasteiger charge is -2.13. The van der Waals surface area contributed by atoms with Crippen LogP contribution in [0.15, 0.2) is 28.6 Å². The molecule has 0 aliphatic rings. The topological polar surface area (TPSA) is 110 Å². The van der Waals surface area contributed by atoms with Crippen LogP contribution in [0.4, 0.5) is 16.5 Å². The van der Waals surface area contributed by atoms with Gasteiger partial charge >= 0.3 is 5.97 Å². The Bertz CT molecular complexity index is 703. The van der Waals surface area contributed by atoms with Gasteiger partial charge in [-0.25, -0.2) is 0 Å². The van der Waals surface area contributed by atoms with Gasteiger partial charge in [-0.1, -0.05) is 23.1 Å². The number of esters is 1. The number of aromatic nitrogens is 2. The fourth-order valence-electron chi connectivity index (χ4n) is 1.63. The maximum atomic E-state index is 11.8.